The summed E-state index contributed by atoms with van der Waals surface area (Å²) in [6.07, 6.45) is 8.24. The molecule has 116 valence electrons. The molecule has 21 heavy (non-hydrogen) atoms. The van der Waals surface area contributed by atoms with Crippen molar-refractivity contribution in [2.75, 3.05) is 5.32 Å². The second-order valence-corrected chi connectivity index (χ2v) is 6.26. The largest absolute Gasteiger partial charge is 0.326 e. The number of hydrogen-bond acceptors (Lipinski definition) is 2. The predicted octanol–water partition coefficient (Wildman–Crippen LogP) is 4.09. The molecule has 2 N–H and O–H groups in total. The maximum Gasteiger partial charge on any atom is 0.221 e. The summed E-state index contributed by atoms with van der Waals surface area (Å²) >= 11 is 0. The van der Waals surface area contributed by atoms with Crippen molar-refractivity contribution in [3.63, 3.8) is 0 Å². The van der Waals surface area contributed by atoms with Crippen LogP contribution in [0.4, 0.5) is 5.69 Å². The van der Waals surface area contributed by atoms with Gasteiger partial charge in [0.15, 0.2) is 0 Å². The van der Waals surface area contributed by atoms with Crippen molar-refractivity contribution in [1.29, 1.82) is 0 Å². The van der Waals surface area contributed by atoms with Crippen LogP contribution < -0.4 is 10.6 Å². The first kappa shape index (κ1) is 16.0. The Balaban J connectivity index is 1.91. The molecular formula is C18H28N2O. The van der Waals surface area contributed by atoms with Gasteiger partial charge >= 0.3 is 0 Å². The molecule has 0 aliphatic heterocycles. The van der Waals surface area contributed by atoms with Crippen LogP contribution in [0.2, 0.25) is 0 Å². The van der Waals surface area contributed by atoms with Gasteiger partial charge in [-0.3, -0.25) is 4.79 Å². The van der Waals surface area contributed by atoms with Gasteiger partial charge < -0.3 is 10.6 Å². The Morgan fingerprint density at radius 2 is 1.86 bits per heavy atom. The van der Waals surface area contributed by atoms with Crippen LogP contribution in [0.5, 0.6) is 0 Å². The van der Waals surface area contributed by atoms with Gasteiger partial charge in [-0.2, -0.15) is 0 Å². The minimum atomic E-state index is -0.0146. The van der Waals surface area contributed by atoms with E-state index in [0.29, 0.717) is 6.04 Å². The lowest BCUT2D eigenvalue weighted by atomic mass is 9.93. The average Bonchev–Trinajstić information content (AvgIpc) is 2.74. The highest BCUT2D eigenvalue weighted by molar-refractivity contribution is 5.89. The highest BCUT2D eigenvalue weighted by Crippen LogP contribution is 2.26. The monoisotopic (exact) mass is 288 g/mol. The third kappa shape index (κ3) is 5.16. The van der Waals surface area contributed by atoms with E-state index in [9.17, 15) is 4.79 Å². The first-order chi connectivity index (χ1) is 10.2. The molecular weight excluding hydrogens is 260 g/mol. The number of carbonyl (C=O) groups excluding carboxylic acids is 1. The van der Waals surface area contributed by atoms with Crippen molar-refractivity contribution in [1.82, 2.24) is 5.32 Å². The number of hydrogen-bond donors (Lipinski definition) is 2. The van der Waals surface area contributed by atoms with E-state index in [0.717, 1.165) is 23.7 Å². The number of anilines is 1. The molecule has 0 unspecified atom stereocenters. The molecule has 1 fully saturated rings. The topological polar surface area (TPSA) is 41.1 Å². The lowest BCUT2D eigenvalue weighted by Crippen LogP contribution is -2.33. The Morgan fingerprint density at radius 1 is 1.19 bits per heavy atom. The first-order valence-corrected chi connectivity index (χ1v) is 8.25. The van der Waals surface area contributed by atoms with E-state index in [2.05, 4.69) is 23.6 Å². The molecule has 1 atom stereocenters. The smallest absolute Gasteiger partial charge is 0.221 e. The molecule has 1 saturated carbocycles. The van der Waals surface area contributed by atoms with Gasteiger partial charge in [0.2, 0.25) is 5.91 Å². The lowest BCUT2D eigenvalue weighted by molar-refractivity contribution is -0.114. The van der Waals surface area contributed by atoms with E-state index in [1.54, 1.807) is 6.92 Å². The molecule has 1 amide bonds. The van der Waals surface area contributed by atoms with E-state index >= 15 is 0 Å². The summed E-state index contributed by atoms with van der Waals surface area (Å²) in [7, 11) is 0. The second kappa shape index (κ2) is 8.18. The number of carbonyl (C=O) groups is 1. The molecule has 0 spiro atoms. The van der Waals surface area contributed by atoms with Crippen LogP contribution in [0.15, 0.2) is 24.3 Å². The maximum atomic E-state index is 11.3. The van der Waals surface area contributed by atoms with E-state index < -0.39 is 0 Å². The highest BCUT2D eigenvalue weighted by Gasteiger charge is 2.18. The Labute approximate surface area is 128 Å². The Kier molecular flexibility index (Phi) is 6.24. The van der Waals surface area contributed by atoms with Crippen LogP contribution in [0.3, 0.4) is 0 Å². The van der Waals surface area contributed by atoms with Crippen molar-refractivity contribution < 1.29 is 4.79 Å². The summed E-state index contributed by atoms with van der Waals surface area (Å²) in [6, 6.07) is 8.57. The molecule has 1 aromatic rings. The molecule has 3 heteroatoms. The zero-order valence-electron chi connectivity index (χ0n) is 13.3. The van der Waals surface area contributed by atoms with Crippen molar-refractivity contribution in [3.8, 4) is 0 Å². The van der Waals surface area contributed by atoms with Crippen molar-refractivity contribution in [2.45, 2.75) is 65.0 Å². The summed E-state index contributed by atoms with van der Waals surface area (Å²) in [5, 5.41) is 6.57. The maximum absolute atomic E-state index is 11.3. The van der Waals surface area contributed by atoms with E-state index in [1.807, 2.05) is 18.2 Å². The van der Waals surface area contributed by atoms with Crippen LogP contribution in [0, 0.1) is 5.92 Å². The molecule has 3 nitrogen and oxygen atoms in total. The van der Waals surface area contributed by atoms with Crippen LogP contribution >= 0.6 is 0 Å². The van der Waals surface area contributed by atoms with Gasteiger partial charge in [-0.25, -0.2) is 0 Å². The molecule has 0 heterocycles. The summed E-state index contributed by atoms with van der Waals surface area (Å²) in [5.41, 5.74) is 2.08. The molecule has 0 radical (unpaired) electrons. The van der Waals surface area contributed by atoms with Crippen molar-refractivity contribution >= 4 is 11.6 Å². The van der Waals surface area contributed by atoms with E-state index in [4.69, 9.17) is 0 Å². The van der Waals surface area contributed by atoms with Crippen LogP contribution in [0.1, 0.15) is 57.9 Å². The number of rotatable bonds is 5. The summed E-state index contributed by atoms with van der Waals surface area (Å²) in [6.45, 7) is 4.67. The fraction of sp³-hybridized carbons (Fsp3) is 0.611. The van der Waals surface area contributed by atoms with Gasteiger partial charge in [0.1, 0.15) is 0 Å². The standard InChI is InChI=1S/C18H28N2O/c1-14(16-9-5-3-4-6-10-16)19-13-17-11-7-8-12-18(17)20-15(2)21/h7-8,11-12,14,16,19H,3-6,9-10,13H2,1-2H3,(H,20,21)/t14-/m0/s1. The number of nitrogens with one attached hydrogen (secondary N) is 2. The van der Waals surface area contributed by atoms with E-state index in [1.165, 1.54) is 38.5 Å². The van der Waals surface area contributed by atoms with Crippen LogP contribution in [-0.2, 0) is 11.3 Å². The Hall–Kier alpha value is -1.35. The molecule has 0 aromatic heterocycles. The molecule has 1 aliphatic carbocycles. The third-order valence-corrected chi connectivity index (χ3v) is 4.55. The molecule has 0 saturated heterocycles. The predicted molar refractivity (Wildman–Crippen MR) is 88.2 cm³/mol. The molecule has 2 rings (SSSR count). The van der Waals surface area contributed by atoms with E-state index in [-0.39, 0.29) is 5.91 Å². The van der Waals surface area contributed by atoms with Gasteiger partial charge in [-0.05, 0) is 37.3 Å². The minimum Gasteiger partial charge on any atom is -0.326 e. The number of benzene rings is 1. The summed E-state index contributed by atoms with van der Waals surface area (Å²) < 4.78 is 0. The second-order valence-electron chi connectivity index (χ2n) is 6.26. The summed E-state index contributed by atoms with van der Waals surface area (Å²) in [4.78, 5) is 11.3. The van der Waals surface area contributed by atoms with Crippen LogP contribution in [-0.4, -0.2) is 11.9 Å². The quantitative estimate of drug-likeness (QED) is 0.801. The fourth-order valence-electron chi connectivity index (χ4n) is 3.23. The van der Waals surface area contributed by atoms with Crippen molar-refractivity contribution in [3.05, 3.63) is 29.8 Å². The van der Waals surface area contributed by atoms with Gasteiger partial charge in [0.25, 0.3) is 0 Å². The normalized spacial score (nSPS) is 18.0. The Morgan fingerprint density at radius 3 is 2.52 bits per heavy atom. The van der Waals surface area contributed by atoms with Gasteiger partial charge in [-0.1, -0.05) is 43.9 Å². The number of amides is 1. The zero-order chi connectivity index (χ0) is 15.1. The highest BCUT2D eigenvalue weighted by atomic mass is 16.1. The molecule has 1 aromatic carbocycles. The average molecular weight is 288 g/mol. The first-order valence-electron chi connectivity index (χ1n) is 8.25. The Bertz CT molecular complexity index is 450. The van der Waals surface area contributed by atoms with Crippen molar-refractivity contribution in [2.24, 2.45) is 5.92 Å². The minimum absolute atomic E-state index is 0.0146. The zero-order valence-corrected chi connectivity index (χ0v) is 13.3. The summed E-state index contributed by atoms with van der Waals surface area (Å²) in [5.74, 6) is 0.777. The van der Waals surface area contributed by atoms with Gasteiger partial charge in [-0.15, -0.1) is 0 Å². The van der Waals surface area contributed by atoms with Gasteiger partial charge in [0, 0.05) is 25.2 Å². The van der Waals surface area contributed by atoms with Crippen LogP contribution in [0.25, 0.3) is 0 Å². The third-order valence-electron chi connectivity index (χ3n) is 4.55. The molecule has 0 bridgehead atoms. The SMILES string of the molecule is CC(=O)Nc1ccccc1CN[C@@H](C)C1CCCCCC1. The van der Waals surface area contributed by atoms with Gasteiger partial charge in [0.05, 0.1) is 0 Å². The molecule has 1 aliphatic rings. The lowest BCUT2D eigenvalue weighted by Gasteiger charge is -2.24. The number of para-hydroxylation sites is 1. The fourth-order valence-corrected chi connectivity index (χ4v) is 3.23.